The number of benzene rings is 1. The molecule has 5 rings (SSSR count). The minimum absolute atomic E-state index is 0.327. The van der Waals surface area contributed by atoms with Gasteiger partial charge in [0.15, 0.2) is 6.10 Å². The van der Waals surface area contributed by atoms with Crippen LogP contribution in [0.15, 0.2) is 24.3 Å². The molecule has 1 aromatic carbocycles. The molecule has 3 heterocycles. The fraction of sp³-hybridized carbons (Fsp3) is 0.448. The van der Waals surface area contributed by atoms with Gasteiger partial charge in [-0.05, 0) is 49.8 Å². The lowest BCUT2D eigenvalue weighted by Crippen LogP contribution is -2.35. The van der Waals surface area contributed by atoms with Gasteiger partial charge in [-0.1, -0.05) is 39.0 Å². The number of likely N-dealkylation sites (N-methyl/N-ethyl adjacent to an activating group) is 1. The van der Waals surface area contributed by atoms with Crippen LogP contribution in [-0.2, 0) is 35.3 Å². The van der Waals surface area contributed by atoms with Crippen molar-refractivity contribution in [3.05, 3.63) is 57.1 Å². The number of nitrogens with zero attached hydrogens (tertiary/aromatic N) is 3. The van der Waals surface area contributed by atoms with E-state index in [0.717, 1.165) is 66.5 Å². The number of ether oxygens (including phenoxy) is 1. The second kappa shape index (κ2) is 10.6. The lowest BCUT2D eigenvalue weighted by molar-refractivity contribution is -0.124. The molecular weight excluding hydrogens is 484 g/mol. The zero-order chi connectivity index (χ0) is 26.1. The quantitative estimate of drug-likeness (QED) is 0.450. The third-order valence-corrected chi connectivity index (χ3v) is 8.72. The van der Waals surface area contributed by atoms with Crippen LogP contribution < -0.4 is 5.32 Å². The largest absolute Gasteiger partial charge is 0.449 e. The molecule has 2 aliphatic rings. The molecule has 0 radical (unpaired) electrons. The molecule has 2 aromatic heterocycles. The number of esters is 1. The smallest absolute Gasteiger partial charge is 0.340 e. The van der Waals surface area contributed by atoms with Gasteiger partial charge in [0.2, 0.25) is 0 Å². The van der Waals surface area contributed by atoms with Crippen molar-refractivity contribution < 1.29 is 14.3 Å². The van der Waals surface area contributed by atoms with Gasteiger partial charge in [0.25, 0.3) is 5.91 Å². The highest BCUT2D eigenvalue weighted by Crippen LogP contribution is 2.39. The van der Waals surface area contributed by atoms with E-state index in [-0.39, 0.29) is 0 Å². The number of para-hydroxylation sites is 1. The summed E-state index contributed by atoms with van der Waals surface area (Å²) in [7, 11) is 0. The van der Waals surface area contributed by atoms with Gasteiger partial charge in [-0.15, -0.1) is 11.3 Å². The number of rotatable bonds is 6. The van der Waals surface area contributed by atoms with E-state index in [1.807, 2.05) is 31.2 Å². The number of amides is 1. The molecule has 1 amide bonds. The van der Waals surface area contributed by atoms with Crippen molar-refractivity contribution in [3.63, 3.8) is 0 Å². The van der Waals surface area contributed by atoms with E-state index in [2.05, 4.69) is 30.1 Å². The van der Waals surface area contributed by atoms with Crippen LogP contribution in [0.4, 0.5) is 5.00 Å². The van der Waals surface area contributed by atoms with E-state index in [4.69, 9.17) is 9.72 Å². The first-order chi connectivity index (χ1) is 17.9. The van der Waals surface area contributed by atoms with Crippen molar-refractivity contribution in [2.24, 2.45) is 5.92 Å². The number of anilines is 1. The molecular formula is C29H32N4O3S. The zero-order valence-electron chi connectivity index (χ0n) is 21.6. The Morgan fingerprint density at radius 3 is 2.84 bits per heavy atom. The van der Waals surface area contributed by atoms with Gasteiger partial charge in [0.1, 0.15) is 11.1 Å². The SMILES string of the molecule is CCC(OC(=O)c1c2c(nc3ccccc13)CCN(CC)C2)C(=O)Nc1sc2c(c1C#N)CCC(C)C2. The molecule has 7 nitrogen and oxygen atoms in total. The topological polar surface area (TPSA) is 95.3 Å². The van der Waals surface area contributed by atoms with E-state index >= 15 is 0 Å². The molecule has 0 saturated heterocycles. The Kier molecular flexibility index (Phi) is 7.27. The zero-order valence-corrected chi connectivity index (χ0v) is 22.4. The van der Waals surface area contributed by atoms with E-state index in [9.17, 15) is 14.9 Å². The molecule has 1 aliphatic heterocycles. The lowest BCUT2D eigenvalue weighted by Gasteiger charge is -2.29. The van der Waals surface area contributed by atoms with Crippen molar-refractivity contribution >= 4 is 39.1 Å². The average Bonchev–Trinajstić information content (AvgIpc) is 3.25. The highest BCUT2D eigenvalue weighted by Gasteiger charge is 2.31. The number of thiophene rings is 1. The highest BCUT2D eigenvalue weighted by molar-refractivity contribution is 7.16. The summed E-state index contributed by atoms with van der Waals surface area (Å²) < 4.78 is 5.88. The predicted octanol–water partition coefficient (Wildman–Crippen LogP) is 5.24. The molecule has 0 fully saturated rings. The molecule has 2 atom stereocenters. The van der Waals surface area contributed by atoms with Gasteiger partial charge in [-0.2, -0.15) is 5.26 Å². The van der Waals surface area contributed by atoms with Crippen LogP contribution in [-0.4, -0.2) is 41.0 Å². The van der Waals surface area contributed by atoms with Gasteiger partial charge in [0, 0.05) is 41.0 Å². The van der Waals surface area contributed by atoms with Crippen molar-refractivity contribution in [3.8, 4) is 6.07 Å². The van der Waals surface area contributed by atoms with Gasteiger partial charge in [-0.3, -0.25) is 14.7 Å². The number of carbonyl (C=O) groups is 2. The van der Waals surface area contributed by atoms with E-state index < -0.39 is 18.0 Å². The number of aromatic nitrogens is 1. The molecule has 37 heavy (non-hydrogen) atoms. The third kappa shape index (κ3) is 4.86. The molecule has 0 bridgehead atoms. The van der Waals surface area contributed by atoms with Crippen LogP contribution in [0.3, 0.4) is 0 Å². The van der Waals surface area contributed by atoms with Crippen molar-refractivity contribution in [1.82, 2.24) is 9.88 Å². The lowest BCUT2D eigenvalue weighted by atomic mass is 9.88. The summed E-state index contributed by atoms with van der Waals surface area (Å²) in [6.45, 7) is 8.54. The molecule has 192 valence electrons. The fourth-order valence-electron chi connectivity index (χ4n) is 5.41. The number of nitriles is 1. The summed E-state index contributed by atoms with van der Waals surface area (Å²) >= 11 is 1.48. The summed E-state index contributed by atoms with van der Waals surface area (Å²) in [5.41, 5.74) is 4.68. The molecule has 3 aromatic rings. The van der Waals surface area contributed by atoms with Crippen LogP contribution in [0.5, 0.6) is 0 Å². The summed E-state index contributed by atoms with van der Waals surface area (Å²) in [4.78, 5) is 35.3. The maximum absolute atomic E-state index is 13.7. The number of pyridine rings is 1. The van der Waals surface area contributed by atoms with Crippen molar-refractivity contribution in [1.29, 1.82) is 5.26 Å². The van der Waals surface area contributed by atoms with E-state index in [0.29, 0.717) is 35.0 Å². The molecule has 2 unspecified atom stereocenters. The Hall–Kier alpha value is -3.28. The van der Waals surface area contributed by atoms with Gasteiger partial charge in [0.05, 0.1) is 16.6 Å². The van der Waals surface area contributed by atoms with E-state index in [1.54, 1.807) is 0 Å². The van der Waals surface area contributed by atoms with Crippen molar-refractivity contribution in [2.75, 3.05) is 18.4 Å². The monoisotopic (exact) mass is 516 g/mol. The van der Waals surface area contributed by atoms with Crippen LogP contribution >= 0.6 is 11.3 Å². The molecule has 1 N–H and O–H groups in total. The first kappa shape index (κ1) is 25.4. The summed E-state index contributed by atoms with van der Waals surface area (Å²) in [6, 6.07) is 9.89. The Bertz CT molecular complexity index is 1410. The van der Waals surface area contributed by atoms with Gasteiger partial charge in [-0.25, -0.2) is 4.79 Å². The number of hydrogen-bond donors (Lipinski definition) is 1. The number of carbonyl (C=O) groups excluding carboxylic acids is 2. The Balaban J connectivity index is 1.42. The van der Waals surface area contributed by atoms with Crippen LogP contribution in [0, 0.1) is 17.2 Å². The van der Waals surface area contributed by atoms with Crippen LogP contribution in [0.1, 0.15) is 71.2 Å². The summed E-state index contributed by atoms with van der Waals surface area (Å²) in [6.07, 6.45) is 2.95. The standard InChI is InChI=1S/C29H32N4O3S/c1-4-24(27(34)32-28-20(15-30)18-11-10-17(3)14-25(18)37-28)36-29(35)26-19-8-6-7-9-22(19)31-23-12-13-33(5-2)16-21(23)26/h6-9,17,24H,4-5,10-14,16H2,1-3H3,(H,32,34). The van der Waals surface area contributed by atoms with Crippen LogP contribution in [0.25, 0.3) is 10.9 Å². The molecule has 1 aliphatic carbocycles. The predicted molar refractivity (Wildman–Crippen MR) is 145 cm³/mol. The fourth-order valence-corrected chi connectivity index (χ4v) is 6.77. The summed E-state index contributed by atoms with van der Waals surface area (Å²) in [5, 5.41) is 14.0. The third-order valence-electron chi connectivity index (χ3n) is 7.55. The van der Waals surface area contributed by atoms with Crippen molar-refractivity contribution in [2.45, 2.75) is 65.5 Å². The van der Waals surface area contributed by atoms with E-state index in [1.165, 1.54) is 16.2 Å². The maximum Gasteiger partial charge on any atom is 0.340 e. The number of fused-ring (bicyclic) bond motifs is 3. The first-order valence-electron chi connectivity index (χ1n) is 13.1. The second-order valence-corrected chi connectivity index (χ2v) is 11.1. The average molecular weight is 517 g/mol. The first-order valence-corrected chi connectivity index (χ1v) is 13.9. The summed E-state index contributed by atoms with van der Waals surface area (Å²) in [5.74, 6) is -0.341. The normalized spacial score (nSPS) is 17.9. The van der Waals surface area contributed by atoms with Gasteiger partial charge >= 0.3 is 5.97 Å². The highest BCUT2D eigenvalue weighted by atomic mass is 32.1. The molecule has 0 saturated carbocycles. The number of hydrogen-bond acceptors (Lipinski definition) is 7. The number of nitrogens with one attached hydrogen (secondary N) is 1. The minimum atomic E-state index is -0.967. The van der Waals surface area contributed by atoms with Gasteiger partial charge < -0.3 is 10.1 Å². The molecule has 8 heteroatoms. The second-order valence-electron chi connectivity index (χ2n) is 10.0. The maximum atomic E-state index is 13.7. The Labute approximate surface area is 221 Å². The molecule has 0 spiro atoms. The Morgan fingerprint density at radius 2 is 2.08 bits per heavy atom. The Morgan fingerprint density at radius 1 is 1.27 bits per heavy atom. The van der Waals surface area contributed by atoms with Crippen LogP contribution in [0.2, 0.25) is 0 Å². The minimum Gasteiger partial charge on any atom is -0.449 e.